The van der Waals surface area contributed by atoms with Crippen molar-refractivity contribution in [3.8, 4) is 0 Å². The Bertz CT molecular complexity index is 277. The van der Waals surface area contributed by atoms with Crippen LogP contribution in [0.15, 0.2) is 0 Å². The van der Waals surface area contributed by atoms with Crippen molar-refractivity contribution in [1.29, 1.82) is 0 Å². The van der Waals surface area contributed by atoms with Gasteiger partial charge in [-0.15, -0.1) is 0 Å². The first kappa shape index (κ1) is 14.8. The smallest absolute Gasteiger partial charge is 0.314 e. The minimum Gasteiger partial charge on any atom is -0.481 e. The molecule has 1 saturated carbocycles. The normalized spacial score (nSPS) is 16.1. The first-order valence-electron chi connectivity index (χ1n) is 6.88. The van der Waals surface area contributed by atoms with Crippen molar-refractivity contribution in [2.24, 2.45) is 11.8 Å². The molecule has 0 bridgehead atoms. The Kier molecular flexibility index (Phi) is 6.54. The van der Waals surface area contributed by atoms with Crippen molar-refractivity contribution >= 4 is 12.0 Å². The van der Waals surface area contributed by atoms with Crippen LogP contribution in [-0.4, -0.2) is 30.2 Å². The Morgan fingerprint density at radius 1 is 1.33 bits per heavy atom. The highest BCUT2D eigenvalue weighted by molar-refractivity contribution is 5.75. The molecule has 0 aromatic carbocycles. The summed E-state index contributed by atoms with van der Waals surface area (Å²) < 4.78 is 0. The van der Waals surface area contributed by atoms with E-state index in [0.29, 0.717) is 13.0 Å². The number of hydrogen-bond acceptors (Lipinski definition) is 2. The lowest BCUT2D eigenvalue weighted by Crippen LogP contribution is -2.40. The van der Waals surface area contributed by atoms with Crippen molar-refractivity contribution in [3.63, 3.8) is 0 Å². The molecule has 5 nitrogen and oxygen atoms in total. The summed E-state index contributed by atoms with van der Waals surface area (Å²) >= 11 is 0. The maximum Gasteiger partial charge on any atom is 0.314 e. The molecule has 18 heavy (non-hydrogen) atoms. The van der Waals surface area contributed by atoms with Gasteiger partial charge < -0.3 is 15.7 Å². The summed E-state index contributed by atoms with van der Waals surface area (Å²) in [5.74, 6) is -0.436. The molecular weight excluding hydrogens is 232 g/mol. The average molecular weight is 256 g/mol. The van der Waals surface area contributed by atoms with E-state index in [0.717, 1.165) is 18.8 Å². The van der Waals surface area contributed by atoms with E-state index in [1.807, 2.05) is 6.92 Å². The lowest BCUT2D eigenvalue weighted by Gasteiger charge is -2.12. The summed E-state index contributed by atoms with van der Waals surface area (Å²) in [6.45, 7) is 2.82. The summed E-state index contributed by atoms with van der Waals surface area (Å²) in [7, 11) is 0. The minimum atomic E-state index is -0.842. The maximum absolute atomic E-state index is 11.4. The molecule has 2 amide bonds. The molecule has 104 valence electrons. The van der Waals surface area contributed by atoms with Crippen molar-refractivity contribution in [3.05, 3.63) is 0 Å². The fourth-order valence-electron chi connectivity index (χ4n) is 1.94. The molecule has 0 aliphatic heterocycles. The van der Waals surface area contributed by atoms with Gasteiger partial charge in [0.05, 0.1) is 5.92 Å². The molecule has 5 heteroatoms. The van der Waals surface area contributed by atoms with E-state index in [4.69, 9.17) is 5.11 Å². The van der Waals surface area contributed by atoms with Crippen LogP contribution in [0.4, 0.5) is 4.79 Å². The van der Waals surface area contributed by atoms with Gasteiger partial charge in [0.1, 0.15) is 0 Å². The molecule has 0 saturated heterocycles. The molecule has 1 fully saturated rings. The highest BCUT2D eigenvalue weighted by Gasteiger charge is 2.20. The maximum atomic E-state index is 11.4. The molecule has 0 aromatic heterocycles. The van der Waals surface area contributed by atoms with Crippen LogP contribution in [0.2, 0.25) is 0 Å². The topological polar surface area (TPSA) is 78.4 Å². The van der Waals surface area contributed by atoms with Gasteiger partial charge in [-0.25, -0.2) is 4.79 Å². The average Bonchev–Trinajstić information content (AvgIpc) is 3.13. The molecule has 0 heterocycles. The molecule has 3 N–H and O–H groups in total. The number of carbonyl (C=O) groups excluding carboxylic acids is 1. The Hall–Kier alpha value is -1.26. The van der Waals surface area contributed by atoms with Crippen LogP contribution in [0.5, 0.6) is 0 Å². The predicted molar refractivity (Wildman–Crippen MR) is 69.4 cm³/mol. The van der Waals surface area contributed by atoms with E-state index in [1.54, 1.807) is 0 Å². The summed E-state index contributed by atoms with van der Waals surface area (Å²) in [4.78, 5) is 22.3. The van der Waals surface area contributed by atoms with Crippen molar-refractivity contribution in [1.82, 2.24) is 10.6 Å². The van der Waals surface area contributed by atoms with E-state index in [-0.39, 0.29) is 12.6 Å². The first-order valence-corrected chi connectivity index (χ1v) is 6.88. The SMILES string of the molecule is CCCC(CNC(=O)NCCCC1CC1)C(=O)O. The van der Waals surface area contributed by atoms with E-state index < -0.39 is 11.9 Å². The number of hydrogen-bond donors (Lipinski definition) is 3. The molecule has 1 aliphatic carbocycles. The van der Waals surface area contributed by atoms with E-state index in [2.05, 4.69) is 10.6 Å². The second kappa shape index (κ2) is 7.95. The van der Waals surface area contributed by atoms with Gasteiger partial charge in [0.15, 0.2) is 0 Å². The molecule has 1 aliphatic rings. The lowest BCUT2D eigenvalue weighted by molar-refractivity contribution is -0.141. The van der Waals surface area contributed by atoms with E-state index in [1.165, 1.54) is 19.3 Å². The van der Waals surface area contributed by atoms with Crippen LogP contribution in [0.1, 0.15) is 45.4 Å². The molecule has 0 spiro atoms. The fraction of sp³-hybridized carbons (Fsp3) is 0.846. The number of nitrogens with one attached hydrogen (secondary N) is 2. The second-order valence-corrected chi connectivity index (χ2v) is 5.05. The Balaban J connectivity index is 2.04. The van der Waals surface area contributed by atoms with Gasteiger partial charge in [-0.1, -0.05) is 26.2 Å². The number of amides is 2. The number of carboxylic acids is 1. The van der Waals surface area contributed by atoms with Gasteiger partial charge in [-0.05, 0) is 25.2 Å². The first-order chi connectivity index (χ1) is 8.63. The highest BCUT2D eigenvalue weighted by atomic mass is 16.4. The van der Waals surface area contributed by atoms with Gasteiger partial charge in [0.2, 0.25) is 0 Å². The van der Waals surface area contributed by atoms with Crippen molar-refractivity contribution < 1.29 is 14.7 Å². The molecule has 0 radical (unpaired) electrons. The summed E-state index contributed by atoms with van der Waals surface area (Å²) in [5, 5.41) is 14.3. The Labute approximate surface area is 108 Å². The largest absolute Gasteiger partial charge is 0.481 e. The third-order valence-corrected chi connectivity index (χ3v) is 3.27. The molecular formula is C13H24N2O3. The summed E-state index contributed by atoms with van der Waals surface area (Å²) in [6, 6.07) is -0.256. The van der Waals surface area contributed by atoms with Gasteiger partial charge >= 0.3 is 12.0 Å². The fourth-order valence-corrected chi connectivity index (χ4v) is 1.94. The van der Waals surface area contributed by atoms with Gasteiger partial charge in [0.25, 0.3) is 0 Å². The second-order valence-electron chi connectivity index (χ2n) is 5.05. The van der Waals surface area contributed by atoms with Crippen LogP contribution in [-0.2, 0) is 4.79 Å². The van der Waals surface area contributed by atoms with E-state index in [9.17, 15) is 9.59 Å². The molecule has 1 atom stereocenters. The lowest BCUT2D eigenvalue weighted by atomic mass is 10.0. The molecule has 0 aromatic rings. The minimum absolute atomic E-state index is 0.206. The monoisotopic (exact) mass is 256 g/mol. The number of urea groups is 1. The zero-order valence-electron chi connectivity index (χ0n) is 11.1. The zero-order chi connectivity index (χ0) is 13.4. The molecule has 1 unspecified atom stereocenters. The van der Waals surface area contributed by atoms with E-state index >= 15 is 0 Å². The Morgan fingerprint density at radius 3 is 2.61 bits per heavy atom. The Morgan fingerprint density at radius 2 is 2.06 bits per heavy atom. The third-order valence-electron chi connectivity index (χ3n) is 3.27. The number of carboxylic acid groups (broad SMARTS) is 1. The predicted octanol–water partition coefficient (Wildman–Crippen LogP) is 1.98. The van der Waals surface area contributed by atoms with Crippen LogP contribution in [0, 0.1) is 11.8 Å². The number of aliphatic carboxylic acids is 1. The van der Waals surface area contributed by atoms with Crippen molar-refractivity contribution in [2.75, 3.05) is 13.1 Å². The molecule has 1 rings (SSSR count). The highest BCUT2D eigenvalue weighted by Crippen LogP contribution is 2.33. The zero-order valence-corrected chi connectivity index (χ0v) is 11.1. The number of carbonyl (C=O) groups is 2. The number of rotatable bonds is 9. The van der Waals surface area contributed by atoms with Gasteiger partial charge in [-0.2, -0.15) is 0 Å². The standard InChI is InChI=1S/C13H24N2O3/c1-2-4-11(12(16)17)9-15-13(18)14-8-3-5-10-6-7-10/h10-11H,2-9H2,1H3,(H,16,17)(H2,14,15,18). The van der Waals surface area contributed by atoms with Crippen LogP contribution in [0.3, 0.4) is 0 Å². The quantitative estimate of drug-likeness (QED) is 0.552. The summed E-state index contributed by atoms with van der Waals surface area (Å²) in [5.41, 5.74) is 0. The summed E-state index contributed by atoms with van der Waals surface area (Å²) in [6.07, 6.45) is 6.27. The van der Waals surface area contributed by atoms with Crippen LogP contribution >= 0.6 is 0 Å². The van der Waals surface area contributed by atoms with Crippen molar-refractivity contribution in [2.45, 2.75) is 45.4 Å². The third kappa shape index (κ3) is 6.47. The van der Waals surface area contributed by atoms with Gasteiger partial charge in [-0.3, -0.25) is 4.79 Å². The van der Waals surface area contributed by atoms with Crippen LogP contribution < -0.4 is 10.6 Å². The van der Waals surface area contributed by atoms with Gasteiger partial charge in [0, 0.05) is 13.1 Å². The van der Waals surface area contributed by atoms with Crippen LogP contribution in [0.25, 0.3) is 0 Å².